The highest BCUT2D eigenvalue weighted by Gasteiger charge is 2.26. The largest absolute Gasteiger partial charge is 0.481 e. The van der Waals surface area contributed by atoms with Crippen molar-refractivity contribution in [3.05, 3.63) is 33.8 Å². The first-order valence-corrected chi connectivity index (χ1v) is 8.26. The van der Waals surface area contributed by atoms with Gasteiger partial charge in [-0.3, -0.25) is 9.59 Å². The zero-order chi connectivity index (χ0) is 16.8. The van der Waals surface area contributed by atoms with Crippen molar-refractivity contribution in [3.8, 4) is 0 Å². The van der Waals surface area contributed by atoms with Gasteiger partial charge in [-0.15, -0.1) is 0 Å². The first-order chi connectivity index (χ1) is 11.0. The molecule has 0 saturated carbocycles. The van der Waals surface area contributed by atoms with Crippen molar-refractivity contribution >= 4 is 35.1 Å². The van der Waals surface area contributed by atoms with Crippen LogP contribution in [0.15, 0.2) is 18.2 Å². The monoisotopic (exact) mass is 359 g/mol. The van der Waals surface area contributed by atoms with Crippen molar-refractivity contribution in [3.63, 3.8) is 0 Å². The summed E-state index contributed by atoms with van der Waals surface area (Å²) in [6, 6.07) is 5.00. The van der Waals surface area contributed by atoms with E-state index in [2.05, 4.69) is 0 Å². The van der Waals surface area contributed by atoms with Crippen LogP contribution < -0.4 is 0 Å². The lowest BCUT2D eigenvalue weighted by Gasteiger charge is -2.34. The summed E-state index contributed by atoms with van der Waals surface area (Å²) in [6.45, 7) is 1.36. The van der Waals surface area contributed by atoms with E-state index in [9.17, 15) is 9.59 Å². The number of nitrogens with zero attached hydrogens (tertiary/aromatic N) is 1. The number of benzene rings is 1. The summed E-state index contributed by atoms with van der Waals surface area (Å²) in [5.41, 5.74) is 0.650. The summed E-state index contributed by atoms with van der Waals surface area (Å²) in [7, 11) is 0. The maximum absolute atomic E-state index is 12.7. The van der Waals surface area contributed by atoms with E-state index < -0.39 is 5.97 Å². The summed E-state index contributed by atoms with van der Waals surface area (Å²) in [6.07, 6.45) is 1.46. The lowest BCUT2D eigenvalue weighted by Crippen LogP contribution is -2.45. The Balaban J connectivity index is 2.11. The van der Waals surface area contributed by atoms with Crippen molar-refractivity contribution in [1.82, 2.24) is 4.90 Å². The number of carbonyl (C=O) groups is 2. The third kappa shape index (κ3) is 5.37. The molecule has 1 aromatic carbocycles. The number of carboxylic acids is 1. The van der Waals surface area contributed by atoms with Gasteiger partial charge in [-0.2, -0.15) is 0 Å². The van der Waals surface area contributed by atoms with E-state index in [-0.39, 0.29) is 31.3 Å². The van der Waals surface area contributed by atoms with E-state index in [1.807, 2.05) is 0 Å². The van der Waals surface area contributed by atoms with Gasteiger partial charge in [0.1, 0.15) is 0 Å². The van der Waals surface area contributed by atoms with Crippen molar-refractivity contribution in [2.45, 2.75) is 31.7 Å². The highest BCUT2D eigenvalue weighted by molar-refractivity contribution is 6.33. The quantitative estimate of drug-likeness (QED) is 0.847. The van der Waals surface area contributed by atoms with Crippen molar-refractivity contribution in [2.24, 2.45) is 0 Å². The zero-order valence-corrected chi connectivity index (χ0v) is 14.1. The molecule has 0 radical (unpaired) electrons. The topological polar surface area (TPSA) is 66.8 Å². The SMILES string of the molecule is O=C(O)CCN(C(=O)Cc1cc(Cl)ccc1Cl)C1CCOCC1. The van der Waals surface area contributed by atoms with Crippen LogP contribution >= 0.6 is 23.2 Å². The first-order valence-electron chi connectivity index (χ1n) is 7.50. The van der Waals surface area contributed by atoms with Crippen LogP contribution in [0.2, 0.25) is 10.0 Å². The molecule has 0 aromatic heterocycles. The van der Waals surface area contributed by atoms with E-state index in [0.29, 0.717) is 41.7 Å². The molecule has 1 fully saturated rings. The molecule has 5 nitrogen and oxygen atoms in total. The average molecular weight is 360 g/mol. The summed E-state index contributed by atoms with van der Waals surface area (Å²) >= 11 is 12.1. The molecule has 1 aliphatic rings. The van der Waals surface area contributed by atoms with Crippen LogP contribution in [0.4, 0.5) is 0 Å². The third-order valence-corrected chi connectivity index (χ3v) is 4.47. The molecule has 1 saturated heterocycles. The van der Waals surface area contributed by atoms with Gasteiger partial charge in [0, 0.05) is 35.8 Å². The van der Waals surface area contributed by atoms with E-state index in [1.165, 1.54) is 0 Å². The fraction of sp³-hybridized carbons (Fsp3) is 0.500. The number of ether oxygens (including phenoxy) is 1. The summed E-state index contributed by atoms with van der Waals surface area (Å²) in [5.74, 6) is -1.06. The summed E-state index contributed by atoms with van der Waals surface area (Å²) in [4.78, 5) is 25.2. The van der Waals surface area contributed by atoms with Gasteiger partial charge in [0.15, 0.2) is 0 Å². The van der Waals surface area contributed by atoms with Gasteiger partial charge in [-0.25, -0.2) is 0 Å². The molecule has 0 aliphatic carbocycles. The lowest BCUT2D eigenvalue weighted by atomic mass is 10.0. The average Bonchev–Trinajstić information content (AvgIpc) is 2.52. The molecule has 0 spiro atoms. The first kappa shape index (κ1) is 18.0. The fourth-order valence-electron chi connectivity index (χ4n) is 2.67. The number of rotatable bonds is 6. The highest BCUT2D eigenvalue weighted by atomic mass is 35.5. The minimum atomic E-state index is -0.921. The molecular weight excluding hydrogens is 341 g/mol. The smallest absolute Gasteiger partial charge is 0.305 e. The summed E-state index contributed by atoms with van der Waals surface area (Å²) < 4.78 is 5.32. The molecule has 1 amide bonds. The van der Waals surface area contributed by atoms with E-state index >= 15 is 0 Å². The van der Waals surface area contributed by atoms with Crippen LogP contribution in [-0.4, -0.2) is 47.7 Å². The molecule has 2 rings (SSSR count). The Morgan fingerprint density at radius 1 is 1.26 bits per heavy atom. The molecule has 23 heavy (non-hydrogen) atoms. The Kier molecular flexibility index (Phi) is 6.69. The van der Waals surface area contributed by atoms with Crippen molar-refractivity contribution in [1.29, 1.82) is 0 Å². The van der Waals surface area contributed by atoms with Crippen LogP contribution in [-0.2, 0) is 20.7 Å². The van der Waals surface area contributed by atoms with Gasteiger partial charge < -0.3 is 14.7 Å². The standard InChI is InChI=1S/C16H19Cl2NO4/c17-12-1-2-14(18)11(9-12)10-15(20)19(6-3-16(21)22)13-4-7-23-8-5-13/h1-2,9,13H,3-8,10H2,(H,21,22). The minimum absolute atomic E-state index is 0.00793. The number of carbonyl (C=O) groups excluding carboxylic acids is 1. The van der Waals surface area contributed by atoms with Crippen LogP contribution in [0.3, 0.4) is 0 Å². The second-order valence-electron chi connectivity index (χ2n) is 5.49. The molecule has 1 N–H and O–H groups in total. The zero-order valence-electron chi connectivity index (χ0n) is 12.6. The Labute approximate surface area is 145 Å². The lowest BCUT2D eigenvalue weighted by molar-refractivity contribution is -0.140. The van der Waals surface area contributed by atoms with Crippen LogP contribution in [0.25, 0.3) is 0 Å². The number of hydrogen-bond acceptors (Lipinski definition) is 3. The molecule has 7 heteroatoms. The van der Waals surface area contributed by atoms with Crippen LogP contribution in [0.1, 0.15) is 24.8 Å². The molecule has 1 aliphatic heterocycles. The van der Waals surface area contributed by atoms with Gasteiger partial charge in [-0.05, 0) is 36.6 Å². The normalized spacial score (nSPS) is 15.4. The second-order valence-corrected chi connectivity index (χ2v) is 6.33. The summed E-state index contributed by atoms with van der Waals surface area (Å²) in [5, 5.41) is 9.91. The maximum Gasteiger partial charge on any atom is 0.305 e. The molecule has 0 bridgehead atoms. The number of halogens is 2. The molecule has 0 atom stereocenters. The van der Waals surface area contributed by atoms with E-state index in [4.69, 9.17) is 33.0 Å². The minimum Gasteiger partial charge on any atom is -0.481 e. The van der Waals surface area contributed by atoms with Gasteiger partial charge >= 0.3 is 5.97 Å². The second kappa shape index (κ2) is 8.52. The number of aliphatic carboxylic acids is 1. The number of hydrogen-bond donors (Lipinski definition) is 1. The predicted octanol–water partition coefficient (Wildman–Crippen LogP) is 3.02. The number of carboxylic acid groups (broad SMARTS) is 1. The maximum atomic E-state index is 12.7. The fourth-order valence-corrected chi connectivity index (χ4v) is 3.05. The van der Waals surface area contributed by atoms with Crippen molar-refractivity contribution < 1.29 is 19.4 Å². The Morgan fingerprint density at radius 2 is 1.96 bits per heavy atom. The number of amides is 1. The van der Waals surface area contributed by atoms with Crippen LogP contribution in [0.5, 0.6) is 0 Å². The van der Waals surface area contributed by atoms with Crippen LogP contribution in [0, 0.1) is 0 Å². The van der Waals surface area contributed by atoms with E-state index in [0.717, 1.165) is 0 Å². The van der Waals surface area contributed by atoms with Gasteiger partial charge in [0.05, 0.1) is 12.8 Å². The Bertz CT molecular complexity index is 573. The molecular formula is C16H19Cl2NO4. The molecule has 1 heterocycles. The molecule has 0 unspecified atom stereocenters. The third-order valence-electron chi connectivity index (χ3n) is 3.87. The van der Waals surface area contributed by atoms with Crippen molar-refractivity contribution in [2.75, 3.05) is 19.8 Å². The van der Waals surface area contributed by atoms with Gasteiger partial charge in [0.25, 0.3) is 0 Å². The predicted molar refractivity (Wildman–Crippen MR) is 88.0 cm³/mol. The van der Waals surface area contributed by atoms with E-state index in [1.54, 1.807) is 23.1 Å². The Morgan fingerprint density at radius 3 is 2.61 bits per heavy atom. The Hall–Kier alpha value is -1.30. The highest BCUT2D eigenvalue weighted by Crippen LogP contribution is 2.23. The van der Waals surface area contributed by atoms with Gasteiger partial charge in [0.2, 0.25) is 5.91 Å². The molecule has 1 aromatic rings. The van der Waals surface area contributed by atoms with Gasteiger partial charge in [-0.1, -0.05) is 23.2 Å². The molecule has 126 valence electrons.